The molecule has 0 aliphatic heterocycles. The van der Waals surface area contributed by atoms with Crippen molar-refractivity contribution in [2.45, 2.75) is 32.7 Å². The van der Waals surface area contributed by atoms with Gasteiger partial charge in [-0.1, -0.05) is 25.5 Å². The molecule has 0 unspecified atom stereocenters. The van der Waals surface area contributed by atoms with E-state index in [9.17, 15) is 5.11 Å². The van der Waals surface area contributed by atoms with Crippen molar-refractivity contribution in [3.63, 3.8) is 0 Å². The van der Waals surface area contributed by atoms with Gasteiger partial charge in [-0.2, -0.15) is 18.5 Å². The minimum absolute atomic E-state index is 0. The van der Waals surface area contributed by atoms with E-state index in [0.717, 1.165) is 29.3 Å². The average Bonchev–Trinajstić information content (AvgIpc) is 2.37. The van der Waals surface area contributed by atoms with Gasteiger partial charge in [-0.05, 0) is 25.0 Å². The normalized spacial score (nSPS) is 11.9. The Hall–Kier alpha value is -1.53. The van der Waals surface area contributed by atoms with Gasteiger partial charge in [-0.25, -0.2) is 4.98 Å². The predicted octanol–water partition coefficient (Wildman–Crippen LogP) is 2.21. The second-order valence-corrected chi connectivity index (χ2v) is 4.71. The van der Waals surface area contributed by atoms with Crippen LogP contribution in [0, 0.1) is 6.92 Å². The predicted molar refractivity (Wildman–Crippen MR) is 88.5 cm³/mol. The second-order valence-electron chi connectivity index (χ2n) is 4.71. The summed E-state index contributed by atoms with van der Waals surface area (Å²) in [4.78, 5) is 8.52. The molecule has 0 bridgehead atoms. The van der Waals surface area contributed by atoms with Gasteiger partial charge in [0.15, 0.2) is 0 Å². The van der Waals surface area contributed by atoms with Crippen LogP contribution in [-0.2, 0) is 0 Å². The third-order valence-corrected chi connectivity index (χ3v) is 3.15. The molecule has 0 aliphatic carbocycles. The second kappa shape index (κ2) is 7.31. The highest BCUT2D eigenvalue weighted by atomic mass is 32.1. The maximum atomic E-state index is 9.39. The van der Waals surface area contributed by atoms with Crippen molar-refractivity contribution in [1.82, 2.24) is 9.97 Å². The van der Waals surface area contributed by atoms with E-state index in [1.807, 2.05) is 25.1 Å². The number of hydrogen-bond donors (Lipinski definition) is 3. The highest BCUT2D eigenvalue weighted by molar-refractivity contribution is 7.59. The minimum atomic E-state index is -0.0119. The van der Waals surface area contributed by atoms with Crippen molar-refractivity contribution in [3.8, 4) is 0 Å². The molecule has 1 atom stereocenters. The number of aromatic nitrogens is 2. The molecule has 0 amide bonds. The monoisotopic (exact) mass is 294 g/mol. The summed E-state index contributed by atoms with van der Waals surface area (Å²) in [5.74, 6) is 0.946. The lowest BCUT2D eigenvalue weighted by Gasteiger charge is -2.18. The number of hydrogen-bond acceptors (Lipinski definition) is 5. The van der Waals surface area contributed by atoms with Crippen molar-refractivity contribution in [2.75, 3.05) is 17.7 Å². The zero-order chi connectivity index (χ0) is 13.8. The summed E-state index contributed by atoms with van der Waals surface area (Å²) in [5, 5.41) is 13.6. The Morgan fingerprint density at radius 1 is 1.35 bits per heavy atom. The number of aliphatic hydroxyl groups excluding tert-OH is 1. The van der Waals surface area contributed by atoms with Crippen LogP contribution in [0.25, 0.3) is 10.9 Å². The molecule has 0 saturated carbocycles. The first-order valence-electron chi connectivity index (χ1n) is 6.56. The standard InChI is InChI=1S/C14H20N4O.H2S/c1-3-5-10(8-19)16-13-12-9(2)6-4-7-11(12)17-14(15)18-13;/h4,6-7,10,19H,3,5,8H2,1-2H3,(H3,15,16,17,18);1H2/t10-;/m0./s1. The highest BCUT2D eigenvalue weighted by Gasteiger charge is 2.12. The number of fused-ring (bicyclic) bond motifs is 1. The summed E-state index contributed by atoms with van der Waals surface area (Å²) < 4.78 is 0. The van der Waals surface area contributed by atoms with Crippen LogP contribution in [0.5, 0.6) is 0 Å². The summed E-state index contributed by atoms with van der Waals surface area (Å²) in [6.45, 7) is 4.17. The molecule has 110 valence electrons. The Bertz CT molecular complexity index is 576. The van der Waals surface area contributed by atoms with Crippen molar-refractivity contribution in [2.24, 2.45) is 0 Å². The molecule has 6 heteroatoms. The fraction of sp³-hybridized carbons (Fsp3) is 0.429. The molecule has 0 saturated heterocycles. The van der Waals surface area contributed by atoms with Gasteiger partial charge >= 0.3 is 0 Å². The van der Waals surface area contributed by atoms with Crippen LogP contribution in [-0.4, -0.2) is 27.7 Å². The topological polar surface area (TPSA) is 84.1 Å². The Morgan fingerprint density at radius 2 is 2.10 bits per heavy atom. The molecule has 1 heterocycles. The van der Waals surface area contributed by atoms with Crippen molar-refractivity contribution in [1.29, 1.82) is 0 Å². The quantitative estimate of drug-likeness (QED) is 0.787. The summed E-state index contributed by atoms with van der Waals surface area (Å²) in [5.41, 5.74) is 7.65. The maximum absolute atomic E-state index is 9.39. The number of aliphatic hydroxyl groups is 1. The number of anilines is 2. The van der Waals surface area contributed by atoms with E-state index < -0.39 is 0 Å². The lowest BCUT2D eigenvalue weighted by atomic mass is 10.1. The van der Waals surface area contributed by atoms with Crippen molar-refractivity contribution < 1.29 is 5.11 Å². The molecule has 4 N–H and O–H groups in total. The number of rotatable bonds is 5. The number of nitrogens with zero attached hydrogens (tertiary/aromatic N) is 2. The van der Waals surface area contributed by atoms with Crippen LogP contribution in [0.15, 0.2) is 18.2 Å². The molecule has 2 aromatic rings. The van der Waals surface area contributed by atoms with E-state index in [1.54, 1.807) is 0 Å². The zero-order valence-corrected chi connectivity index (χ0v) is 12.8. The van der Waals surface area contributed by atoms with Crippen LogP contribution < -0.4 is 11.1 Å². The molecular formula is C14H22N4OS. The van der Waals surface area contributed by atoms with Gasteiger partial charge < -0.3 is 16.2 Å². The van der Waals surface area contributed by atoms with E-state index in [2.05, 4.69) is 22.2 Å². The van der Waals surface area contributed by atoms with Gasteiger partial charge in [-0.15, -0.1) is 0 Å². The number of nitrogens with one attached hydrogen (secondary N) is 1. The highest BCUT2D eigenvalue weighted by Crippen LogP contribution is 2.25. The minimum Gasteiger partial charge on any atom is -0.394 e. The lowest BCUT2D eigenvalue weighted by Crippen LogP contribution is -2.24. The zero-order valence-electron chi connectivity index (χ0n) is 11.8. The van der Waals surface area contributed by atoms with Gasteiger partial charge in [0.25, 0.3) is 0 Å². The van der Waals surface area contributed by atoms with E-state index in [1.165, 1.54) is 0 Å². The van der Waals surface area contributed by atoms with Crippen LogP contribution in [0.3, 0.4) is 0 Å². The molecule has 1 aromatic carbocycles. The fourth-order valence-electron chi connectivity index (χ4n) is 2.23. The van der Waals surface area contributed by atoms with E-state index >= 15 is 0 Å². The van der Waals surface area contributed by atoms with E-state index in [0.29, 0.717) is 5.82 Å². The summed E-state index contributed by atoms with van der Waals surface area (Å²) in [7, 11) is 0. The van der Waals surface area contributed by atoms with Gasteiger partial charge in [0.1, 0.15) is 5.82 Å². The van der Waals surface area contributed by atoms with Crippen molar-refractivity contribution in [3.05, 3.63) is 23.8 Å². The summed E-state index contributed by atoms with van der Waals surface area (Å²) >= 11 is 0. The largest absolute Gasteiger partial charge is 0.394 e. The Labute approximate surface area is 126 Å². The number of aryl methyl sites for hydroxylation is 1. The Kier molecular flexibility index (Phi) is 6.04. The average molecular weight is 294 g/mol. The van der Waals surface area contributed by atoms with Gasteiger partial charge in [0.05, 0.1) is 18.2 Å². The first-order chi connectivity index (χ1) is 9.15. The molecular weight excluding hydrogens is 272 g/mol. The van der Waals surface area contributed by atoms with Crippen LogP contribution in [0.2, 0.25) is 0 Å². The summed E-state index contributed by atoms with van der Waals surface area (Å²) in [6, 6.07) is 5.87. The maximum Gasteiger partial charge on any atom is 0.222 e. The molecule has 0 aliphatic rings. The third-order valence-electron chi connectivity index (χ3n) is 3.15. The Morgan fingerprint density at radius 3 is 2.75 bits per heavy atom. The van der Waals surface area contributed by atoms with Crippen LogP contribution in [0.4, 0.5) is 11.8 Å². The fourth-order valence-corrected chi connectivity index (χ4v) is 2.23. The first-order valence-corrected chi connectivity index (χ1v) is 6.56. The summed E-state index contributed by atoms with van der Waals surface area (Å²) in [6.07, 6.45) is 1.88. The van der Waals surface area contributed by atoms with Gasteiger partial charge in [0, 0.05) is 5.39 Å². The number of nitrogens with two attached hydrogens (primary N) is 1. The smallest absolute Gasteiger partial charge is 0.222 e. The van der Waals surface area contributed by atoms with Gasteiger partial charge in [0.2, 0.25) is 5.95 Å². The van der Waals surface area contributed by atoms with Crippen molar-refractivity contribution >= 4 is 36.2 Å². The first kappa shape index (κ1) is 16.5. The SMILES string of the molecule is CCC[C@@H](CO)Nc1nc(N)nc2cccc(C)c12.S. The van der Waals surface area contributed by atoms with Gasteiger partial charge in [-0.3, -0.25) is 0 Å². The molecule has 0 fully saturated rings. The van der Waals surface area contributed by atoms with E-state index in [4.69, 9.17) is 5.73 Å². The molecule has 5 nitrogen and oxygen atoms in total. The van der Waals surface area contributed by atoms with E-state index in [-0.39, 0.29) is 32.1 Å². The Balaban J connectivity index is 0.00000200. The van der Waals surface area contributed by atoms with Crippen LogP contribution in [0.1, 0.15) is 25.3 Å². The molecule has 20 heavy (non-hydrogen) atoms. The molecule has 2 rings (SSSR count). The lowest BCUT2D eigenvalue weighted by molar-refractivity contribution is 0.268. The number of nitrogen functional groups attached to an aromatic ring is 1. The number of benzene rings is 1. The third kappa shape index (κ3) is 3.52. The van der Waals surface area contributed by atoms with Crippen LogP contribution >= 0.6 is 13.5 Å². The molecule has 0 radical (unpaired) electrons. The molecule has 1 aromatic heterocycles. The molecule has 0 spiro atoms.